The number of nitrogens with one attached hydrogen (secondary N) is 3. The van der Waals surface area contributed by atoms with Crippen LogP contribution in [0.4, 0.5) is 0 Å². The first kappa shape index (κ1) is 24.3. The molecular formula is C17H31N5O4S2. The average Bonchev–Trinajstić information content (AvgIpc) is 3.03. The third kappa shape index (κ3) is 8.11. The van der Waals surface area contributed by atoms with E-state index in [0.717, 1.165) is 5.01 Å². The van der Waals surface area contributed by atoms with Crippen molar-refractivity contribution in [1.82, 2.24) is 20.3 Å². The summed E-state index contributed by atoms with van der Waals surface area (Å²) in [7, 11) is -3.17. The minimum Gasteiger partial charge on any atom is -0.462 e. The Morgan fingerprint density at radius 2 is 2.04 bits per heavy atom. The van der Waals surface area contributed by atoms with Crippen LogP contribution < -0.4 is 15.4 Å². The van der Waals surface area contributed by atoms with Crippen LogP contribution in [0, 0.1) is 6.92 Å². The molecule has 0 radical (unpaired) electrons. The molecule has 3 N–H and O–H groups in total. The fourth-order valence-electron chi connectivity index (χ4n) is 2.18. The molecule has 9 nitrogen and oxygen atoms in total. The second kappa shape index (κ2) is 12.0. The summed E-state index contributed by atoms with van der Waals surface area (Å²) in [4.78, 5) is 21.4. The van der Waals surface area contributed by atoms with Crippen LogP contribution in [0.1, 0.15) is 60.5 Å². The van der Waals surface area contributed by atoms with E-state index in [-0.39, 0.29) is 17.8 Å². The monoisotopic (exact) mass is 433 g/mol. The molecule has 0 aliphatic rings. The van der Waals surface area contributed by atoms with Gasteiger partial charge in [0.2, 0.25) is 10.0 Å². The normalized spacial score (nSPS) is 13.2. The van der Waals surface area contributed by atoms with E-state index in [2.05, 4.69) is 25.3 Å². The van der Waals surface area contributed by atoms with Gasteiger partial charge < -0.3 is 15.4 Å². The molecule has 1 heterocycles. The maximum atomic E-state index is 12.0. The Balaban J connectivity index is 2.67. The predicted octanol–water partition coefficient (Wildman–Crippen LogP) is 1.57. The molecule has 0 bridgehead atoms. The fourth-order valence-corrected chi connectivity index (χ4v) is 3.80. The van der Waals surface area contributed by atoms with Gasteiger partial charge >= 0.3 is 5.97 Å². The number of ether oxygens (including phenoxy) is 1. The molecule has 1 aromatic rings. The van der Waals surface area contributed by atoms with Crippen LogP contribution in [-0.4, -0.2) is 57.3 Å². The van der Waals surface area contributed by atoms with Crippen molar-refractivity contribution in [3.63, 3.8) is 0 Å². The summed E-state index contributed by atoms with van der Waals surface area (Å²) >= 11 is 1.31. The van der Waals surface area contributed by atoms with Gasteiger partial charge in [0.25, 0.3) is 0 Å². The molecule has 1 unspecified atom stereocenters. The number of aliphatic imine (C=N–C) groups is 1. The van der Waals surface area contributed by atoms with E-state index in [4.69, 9.17) is 4.74 Å². The molecule has 0 aliphatic carbocycles. The van der Waals surface area contributed by atoms with Crippen molar-refractivity contribution in [2.45, 2.75) is 47.1 Å². The number of thiazole rings is 1. The van der Waals surface area contributed by atoms with E-state index in [0.29, 0.717) is 49.2 Å². The van der Waals surface area contributed by atoms with Gasteiger partial charge in [0.15, 0.2) is 5.96 Å². The summed E-state index contributed by atoms with van der Waals surface area (Å²) < 4.78 is 30.4. The van der Waals surface area contributed by atoms with Crippen LogP contribution in [0.2, 0.25) is 0 Å². The minimum atomic E-state index is -3.17. The van der Waals surface area contributed by atoms with Crippen LogP contribution in [0.3, 0.4) is 0 Å². The number of nitrogens with zero attached hydrogens (tertiary/aromatic N) is 2. The lowest BCUT2D eigenvalue weighted by molar-refractivity contribution is 0.0531. The fraction of sp³-hybridized carbons (Fsp3) is 0.706. The molecule has 0 saturated heterocycles. The minimum absolute atomic E-state index is 0.0684. The van der Waals surface area contributed by atoms with Crippen molar-refractivity contribution in [3.05, 3.63) is 15.6 Å². The van der Waals surface area contributed by atoms with E-state index in [1.165, 1.54) is 11.3 Å². The summed E-state index contributed by atoms with van der Waals surface area (Å²) in [6.45, 7) is 10.9. The molecule has 28 heavy (non-hydrogen) atoms. The number of carbonyl (C=O) groups excluding carboxylic acids is 1. The van der Waals surface area contributed by atoms with Gasteiger partial charge in [-0.15, -0.1) is 11.3 Å². The first-order chi connectivity index (χ1) is 13.2. The third-order valence-corrected chi connectivity index (χ3v) is 6.37. The zero-order chi connectivity index (χ0) is 21.2. The van der Waals surface area contributed by atoms with Crippen LogP contribution >= 0.6 is 11.3 Å². The molecule has 0 saturated carbocycles. The largest absolute Gasteiger partial charge is 0.462 e. The highest BCUT2D eigenvalue weighted by molar-refractivity contribution is 7.89. The van der Waals surface area contributed by atoms with Crippen molar-refractivity contribution < 1.29 is 17.9 Å². The van der Waals surface area contributed by atoms with Crippen LogP contribution in [0.25, 0.3) is 0 Å². The number of rotatable bonds is 11. The maximum Gasteiger partial charge on any atom is 0.350 e. The highest BCUT2D eigenvalue weighted by Gasteiger charge is 2.20. The van der Waals surface area contributed by atoms with Gasteiger partial charge in [-0.25, -0.2) is 22.9 Å². The Hall–Kier alpha value is -1.72. The van der Waals surface area contributed by atoms with E-state index < -0.39 is 10.0 Å². The highest BCUT2D eigenvalue weighted by atomic mass is 32.2. The maximum absolute atomic E-state index is 12.0. The zero-order valence-corrected chi connectivity index (χ0v) is 18.8. The van der Waals surface area contributed by atoms with E-state index >= 15 is 0 Å². The number of sulfonamides is 1. The summed E-state index contributed by atoms with van der Waals surface area (Å²) in [5.74, 6) is 0.323. The number of aromatic nitrogens is 1. The molecule has 1 aromatic heterocycles. The SMILES string of the molecule is CCNC(=NCCCNS(=O)(=O)CC)NC(C)c1nc(C)c(C(=O)OCC)s1. The molecule has 0 spiro atoms. The van der Waals surface area contributed by atoms with Gasteiger partial charge in [-0.2, -0.15) is 0 Å². The summed E-state index contributed by atoms with van der Waals surface area (Å²) in [5, 5.41) is 7.18. The van der Waals surface area contributed by atoms with Gasteiger partial charge in [0.05, 0.1) is 24.1 Å². The Kier molecular flexibility index (Phi) is 10.4. The number of guanidine groups is 1. The molecular weight excluding hydrogens is 402 g/mol. The zero-order valence-electron chi connectivity index (χ0n) is 17.2. The van der Waals surface area contributed by atoms with E-state index in [1.807, 2.05) is 13.8 Å². The van der Waals surface area contributed by atoms with Gasteiger partial charge in [-0.05, 0) is 41.0 Å². The molecule has 160 valence electrons. The first-order valence-corrected chi connectivity index (χ1v) is 11.9. The number of hydrogen-bond acceptors (Lipinski definition) is 7. The van der Waals surface area contributed by atoms with Crippen LogP contribution in [0.5, 0.6) is 0 Å². The Morgan fingerprint density at radius 1 is 1.32 bits per heavy atom. The molecule has 0 aliphatic heterocycles. The molecule has 0 fully saturated rings. The van der Waals surface area contributed by atoms with Crippen molar-refractivity contribution >= 4 is 33.3 Å². The van der Waals surface area contributed by atoms with Crippen molar-refractivity contribution in [3.8, 4) is 0 Å². The standard InChI is InChI=1S/C17H31N5O4S2/c1-6-18-17(19-10-9-11-20-28(24,25)8-3)22-13(5)15-21-12(4)14(27-15)16(23)26-7-2/h13,20H,6-11H2,1-5H3,(H2,18,19,22). The third-order valence-electron chi connectivity index (χ3n) is 3.65. The predicted molar refractivity (Wildman–Crippen MR) is 112 cm³/mol. The number of aryl methyl sites for hydroxylation is 1. The van der Waals surface area contributed by atoms with Crippen LogP contribution in [-0.2, 0) is 14.8 Å². The lowest BCUT2D eigenvalue weighted by atomic mass is 10.3. The summed E-state index contributed by atoms with van der Waals surface area (Å²) in [6.07, 6.45) is 0.591. The lowest BCUT2D eigenvalue weighted by Gasteiger charge is -2.16. The topological polar surface area (TPSA) is 122 Å². The first-order valence-electron chi connectivity index (χ1n) is 9.40. The summed E-state index contributed by atoms with van der Waals surface area (Å²) in [6, 6.07) is -0.150. The smallest absolute Gasteiger partial charge is 0.350 e. The lowest BCUT2D eigenvalue weighted by Crippen LogP contribution is -2.39. The van der Waals surface area contributed by atoms with Crippen LogP contribution in [0.15, 0.2) is 4.99 Å². The quantitative estimate of drug-likeness (QED) is 0.210. The second-order valence-electron chi connectivity index (χ2n) is 5.97. The Morgan fingerprint density at radius 3 is 2.64 bits per heavy atom. The van der Waals surface area contributed by atoms with E-state index in [1.54, 1.807) is 20.8 Å². The van der Waals surface area contributed by atoms with Gasteiger partial charge in [0.1, 0.15) is 9.88 Å². The van der Waals surface area contributed by atoms with Crippen molar-refractivity contribution in [2.24, 2.45) is 4.99 Å². The van der Waals surface area contributed by atoms with Gasteiger partial charge in [0, 0.05) is 19.6 Å². The second-order valence-corrected chi connectivity index (χ2v) is 9.09. The molecule has 0 amide bonds. The van der Waals surface area contributed by atoms with Crippen molar-refractivity contribution in [2.75, 3.05) is 32.0 Å². The molecule has 11 heteroatoms. The van der Waals surface area contributed by atoms with E-state index in [9.17, 15) is 13.2 Å². The Bertz CT molecular complexity index is 762. The molecule has 0 aromatic carbocycles. The average molecular weight is 434 g/mol. The van der Waals surface area contributed by atoms with Gasteiger partial charge in [-0.3, -0.25) is 4.99 Å². The van der Waals surface area contributed by atoms with Gasteiger partial charge in [-0.1, -0.05) is 0 Å². The highest BCUT2D eigenvalue weighted by Crippen LogP contribution is 2.24. The molecule has 1 atom stereocenters. The summed E-state index contributed by atoms with van der Waals surface area (Å²) in [5.41, 5.74) is 0.650. The number of carbonyl (C=O) groups is 1. The van der Waals surface area contributed by atoms with Crippen molar-refractivity contribution in [1.29, 1.82) is 0 Å². The Labute approximate surface area is 171 Å². The molecule has 1 rings (SSSR count). The number of hydrogen-bond donors (Lipinski definition) is 3. The number of esters is 1.